The van der Waals surface area contributed by atoms with E-state index in [2.05, 4.69) is 13.0 Å². The van der Waals surface area contributed by atoms with Crippen LogP contribution in [0.5, 0.6) is 0 Å². The maximum atomic E-state index is 13.4. The van der Waals surface area contributed by atoms with E-state index in [4.69, 9.17) is 11.6 Å². The quantitative estimate of drug-likeness (QED) is 0.663. The number of hydrogen-bond donors (Lipinski definition) is 0. The first-order chi connectivity index (χ1) is 14.4. The van der Waals surface area contributed by atoms with Crippen LogP contribution in [0, 0.1) is 5.92 Å². The van der Waals surface area contributed by atoms with E-state index in [1.807, 2.05) is 34.9 Å². The van der Waals surface area contributed by atoms with E-state index in [0.29, 0.717) is 42.7 Å². The minimum Gasteiger partial charge on any atom is -0.311 e. The van der Waals surface area contributed by atoms with Crippen molar-refractivity contribution >= 4 is 45.0 Å². The minimum atomic E-state index is -3.57. The summed E-state index contributed by atoms with van der Waals surface area (Å²) < 4.78 is 27.3. The van der Waals surface area contributed by atoms with E-state index in [1.54, 1.807) is 12.1 Å². The van der Waals surface area contributed by atoms with Crippen LogP contribution in [-0.2, 0) is 14.8 Å². The van der Waals surface area contributed by atoms with Crippen LogP contribution in [0.4, 0.5) is 5.69 Å². The molecule has 1 atom stereocenters. The summed E-state index contributed by atoms with van der Waals surface area (Å²) in [5, 5.41) is 0.957. The molecule has 2 aliphatic rings. The Hall–Kier alpha value is -1.54. The van der Waals surface area contributed by atoms with Crippen LogP contribution in [0.1, 0.15) is 26.2 Å². The van der Waals surface area contributed by atoms with Gasteiger partial charge in [-0.1, -0.05) is 30.7 Å². The number of thioether (sulfide) groups is 1. The molecular formula is C22H25ClN2O3S2. The van der Waals surface area contributed by atoms with Gasteiger partial charge in [-0.05, 0) is 55.7 Å². The number of nitrogens with zero attached hydrogens (tertiary/aromatic N) is 2. The third kappa shape index (κ3) is 4.40. The normalized spacial score (nSPS) is 21.1. The molecule has 5 nitrogen and oxygen atoms in total. The number of piperidine rings is 1. The number of rotatable bonds is 3. The molecule has 30 heavy (non-hydrogen) atoms. The molecule has 0 bridgehead atoms. The van der Waals surface area contributed by atoms with Crippen molar-refractivity contribution < 1.29 is 13.2 Å². The second kappa shape index (κ2) is 8.91. The summed E-state index contributed by atoms with van der Waals surface area (Å²) in [7, 11) is -3.57. The van der Waals surface area contributed by atoms with Crippen molar-refractivity contribution in [3.05, 3.63) is 53.6 Å². The van der Waals surface area contributed by atoms with Crippen molar-refractivity contribution in [1.82, 2.24) is 4.31 Å². The SMILES string of the molecule is CC1CCN(C(=O)C2CCN(S(=O)(=O)c3ccc(Cl)cc3)CC2)c2ccccc2S1. The van der Waals surface area contributed by atoms with Crippen LogP contribution in [-0.4, -0.2) is 43.5 Å². The Balaban J connectivity index is 1.47. The lowest BCUT2D eigenvalue weighted by atomic mass is 9.96. The number of fused-ring (bicyclic) bond motifs is 1. The molecule has 160 valence electrons. The summed E-state index contributed by atoms with van der Waals surface area (Å²) >= 11 is 7.69. The first-order valence-corrected chi connectivity index (χ1v) is 12.9. The number of carbonyl (C=O) groups is 1. The molecule has 0 aliphatic carbocycles. The molecule has 2 aromatic rings. The fourth-order valence-corrected chi connectivity index (χ4v) is 6.74. The van der Waals surface area contributed by atoms with E-state index in [1.165, 1.54) is 16.4 Å². The fraction of sp³-hybridized carbons (Fsp3) is 0.409. The van der Waals surface area contributed by atoms with Crippen molar-refractivity contribution in [2.45, 2.75) is 41.2 Å². The molecular weight excluding hydrogens is 440 g/mol. The standard InChI is InChI=1S/C22H25ClN2O3S2/c1-16-10-15-25(20-4-2-3-5-21(20)29-16)22(26)17-11-13-24(14-12-17)30(27,28)19-8-6-18(23)7-9-19/h2-9,16-17H,10-15H2,1H3. The van der Waals surface area contributed by atoms with Crippen molar-refractivity contribution in [2.75, 3.05) is 24.5 Å². The number of sulfonamides is 1. The fourth-order valence-electron chi connectivity index (χ4n) is 4.03. The van der Waals surface area contributed by atoms with Crippen molar-refractivity contribution in [3.63, 3.8) is 0 Å². The Bertz CT molecular complexity index is 1020. The van der Waals surface area contributed by atoms with Crippen LogP contribution in [0.25, 0.3) is 0 Å². The molecule has 0 saturated carbocycles. The first-order valence-electron chi connectivity index (χ1n) is 10.2. The lowest BCUT2D eigenvalue weighted by Crippen LogP contribution is -2.44. The smallest absolute Gasteiger partial charge is 0.243 e. The Morgan fingerprint density at radius 1 is 1.00 bits per heavy atom. The number of carbonyl (C=O) groups excluding carboxylic acids is 1. The lowest BCUT2D eigenvalue weighted by Gasteiger charge is -2.33. The van der Waals surface area contributed by atoms with Gasteiger partial charge in [0.2, 0.25) is 15.9 Å². The van der Waals surface area contributed by atoms with E-state index in [0.717, 1.165) is 17.0 Å². The molecule has 8 heteroatoms. The molecule has 1 saturated heterocycles. The van der Waals surface area contributed by atoms with Gasteiger partial charge in [-0.15, -0.1) is 11.8 Å². The van der Waals surface area contributed by atoms with Gasteiger partial charge in [0.25, 0.3) is 0 Å². The number of halogens is 1. The highest BCUT2D eigenvalue weighted by Gasteiger charge is 2.35. The predicted molar refractivity (Wildman–Crippen MR) is 122 cm³/mol. The second-order valence-electron chi connectivity index (χ2n) is 7.81. The highest BCUT2D eigenvalue weighted by molar-refractivity contribution is 8.00. The van der Waals surface area contributed by atoms with E-state index in [-0.39, 0.29) is 16.7 Å². The molecule has 1 amide bonds. The zero-order chi connectivity index (χ0) is 21.3. The van der Waals surface area contributed by atoms with E-state index >= 15 is 0 Å². The Morgan fingerprint density at radius 2 is 1.67 bits per heavy atom. The molecule has 0 spiro atoms. The van der Waals surface area contributed by atoms with Gasteiger partial charge in [0.15, 0.2) is 0 Å². The average molecular weight is 465 g/mol. The predicted octanol–water partition coefficient (Wildman–Crippen LogP) is 4.66. The van der Waals surface area contributed by atoms with Gasteiger partial charge in [0.05, 0.1) is 10.6 Å². The summed E-state index contributed by atoms with van der Waals surface area (Å²) in [5.41, 5.74) is 0.980. The summed E-state index contributed by atoms with van der Waals surface area (Å²) in [6, 6.07) is 14.3. The van der Waals surface area contributed by atoms with Crippen molar-refractivity contribution in [2.24, 2.45) is 5.92 Å². The van der Waals surface area contributed by atoms with Crippen LogP contribution >= 0.6 is 23.4 Å². The monoisotopic (exact) mass is 464 g/mol. The van der Waals surface area contributed by atoms with Gasteiger partial charge in [-0.2, -0.15) is 4.31 Å². The summed E-state index contributed by atoms with van der Waals surface area (Å²) in [4.78, 5) is 16.7. The largest absolute Gasteiger partial charge is 0.311 e. The van der Waals surface area contributed by atoms with Gasteiger partial charge in [0.1, 0.15) is 0 Å². The third-order valence-electron chi connectivity index (χ3n) is 5.76. The van der Waals surface area contributed by atoms with Gasteiger partial charge in [0, 0.05) is 40.7 Å². The van der Waals surface area contributed by atoms with Gasteiger partial charge < -0.3 is 4.90 Å². The van der Waals surface area contributed by atoms with Crippen LogP contribution in [0.15, 0.2) is 58.3 Å². The van der Waals surface area contributed by atoms with Crippen LogP contribution < -0.4 is 4.90 Å². The molecule has 0 aromatic heterocycles. The number of hydrogen-bond acceptors (Lipinski definition) is 4. The average Bonchev–Trinajstić information content (AvgIpc) is 2.92. The first kappa shape index (κ1) is 21.7. The van der Waals surface area contributed by atoms with Gasteiger partial charge >= 0.3 is 0 Å². The Morgan fingerprint density at radius 3 is 2.37 bits per heavy atom. The summed E-state index contributed by atoms with van der Waals surface area (Å²) in [6.07, 6.45) is 2.01. The van der Waals surface area contributed by atoms with Crippen molar-refractivity contribution in [1.29, 1.82) is 0 Å². The number of benzene rings is 2. The molecule has 1 unspecified atom stereocenters. The zero-order valence-electron chi connectivity index (χ0n) is 16.8. The zero-order valence-corrected chi connectivity index (χ0v) is 19.2. The second-order valence-corrected chi connectivity index (χ2v) is 11.7. The molecule has 2 aromatic carbocycles. The Labute approximate surface area is 187 Å². The van der Waals surface area contributed by atoms with E-state index < -0.39 is 10.0 Å². The van der Waals surface area contributed by atoms with E-state index in [9.17, 15) is 13.2 Å². The highest BCUT2D eigenvalue weighted by atomic mass is 35.5. The number of amides is 1. The van der Waals surface area contributed by atoms with Crippen LogP contribution in [0.3, 0.4) is 0 Å². The number of anilines is 1. The summed E-state index contributed by atoms with van der Waals surface area (Å²) in [6.45, 7) is 3.59. The van der Waals surface area contributed by atoms with Crippen molar-refractivity contribution in [3.8, 4) is 0 Å². The molecule has 0 radical (unpaired) electrons. The summed E-state index contributed by atoms with van der Waals surface area (Å²) in [5.74, 6) is -0.0474. The minimum absolute atomic E-state index is 0.112. The highest BCUT2D eigenvalue weighted by Crippen LogP contribution is 2.38. The lowest BCUT2D eigenvalue weighted by molar-refractivity contribution is -0.123. The third-order valence-corrected chi connectivity index (χ3v) is 9.17. The maximum absolute atomic E-state index is 13.4. The maximum Gasteiger partial charge on any atom is 0.243 e. The topological polar surface area (TPSA) is 57.7 Å². The number of para-hydroxylation sites is 1. The molecule has 0 N–H and O–H groups in total. The Kier molecular flexibility index (Phi) is 6.44. The molecule has 2 heterocycles. The molecule has 2 aliphatic heterocycles. The molecule has 1 fully saturated rings. The molecule has 4 rings (SSSR count). The van der Waals surface area contributed by atoms with Gasteiger partial charge in [-0.3, -0.25) is 4.79 Å². The van der Waals surface area contributed by atoms with Crippen LogP contribution in [0.2, 0.25) is 5.02 Å². The van der Waals surface area contributed by atoms with Gasteiger partial charge in [-0.25, -0.2) is 8.42 Å².